The van der Waals surface area contributed by atoms with Gasteiger partial charge >= 0.3 is 0 Å². The molecule has 0 radical (unpaired) electrons. The first-order chi connectivity index (χ1) is 8.29. The fourth-order valence-corrected chi connectivity index (χ4v) is 3.23. The van der Waals surface area contributed by atoms with Gasteiger partial charge in [0.05, 0.1) is 6.61 Å². The predicted molar refractivity (Wildman–Crippen MR) is 72.0 cm³/mol. The first-order valence-corrected chi connectivity index (χ1v) is 7.32. The molecule has 0 aromatic carbocycles. The summed E-state index contributed by atoms with van der Waals surface area (Å²) in [7, 11) is 0. The van der Waals surface area contributed by atoms with Gasteiger partial charge in [-0.3, -0.25) is 4.90 Å². The molecule has 2 nitrogen and oxygen atoms in total. The lowest BCUT2D eigenvalue weighted by Gasteiger charge is -2.32. The molecule has 0 spiro atoms. The van der Waals surface area contributed by atoms with E-state index in [-0.39, 0.29) is 6.23 Å². The lowest BCUT2D eigenvalue weighted by atomic mass is 10.0. The third kappa shape index (κ3) is 3.56. The van der Waals surface area contributed by atoms with Gasteiger partial charge in [0.25, 0.3) is 0 Å². The Morgan fingerprint density at radius 3 is 2.24 bits per heavy atom. The van der Waals surface area contributed by atoms with Crippen LogP contribution in [0.3, 0.4) is 0 Å². The van der Waals surface area contributed by atoms with Gasteiger partial charge in [-0.2, -0.15) is 0 Å². The van der Waals surface area contributed by atoms with Crippen LogP contribution in [0.15, 0.2) is 12.2 Å². The van der Waals surface area contributed by atoms with Crippen LogP contribution in [0.25, 0.3) is 0 Å². The number of hydrogen-bond acceptors (Lipinski definition) is 2. The fourth-order valence-electron chi connectivity index (χ4n) is 3.23. The van der Waals surface area contributed by atoms with Gasteiger partial charge in [-0.1, -0.05) is 45.1 Å². The van der Waals surface area contributed by atoms with Gasteiger partial charge in [0, 0.05) is 12.6 Å². The molecule has 2 fully saturated rings. The molecule has 2 heteroatoms. The van der Waals surface area contributed by atoms with Crippen LogP contribution in [0.2, 0.25) is 0 Å². The van der Waals surface area contributed by atoms with E-state index >= 15 is 0 Å². The van der Waals surface area contributed by atoms with Crippen LogP contribution < -0.4 is 0 Å². The van der Waals surface area contributed by atoms with Crippen molar-refractivity contribution in [1.29, 1.82) is 0 Å². The minimum atomic E-state index is 0.195. The van der Waals surface area contributed by atoms with E-state index < -0.39 is 0 Å². The number of hydrogen-bond donors (Lipinski definition) is 0. The van der Waals surface area contributed by atoms with Gasteiger partial charge in [-0.15, -0.1) is 0 Å². The average molecular weight is 237 g/mol. The first-order valence-electron chi connectivity index (χ1n) is 7.32. The lowest BCUT2D eigenvalue weighted by Crippen LogP contribution is -2.40. The highest BCUT2D eigenvalue weighted by molar-refractivity contribution is 5.01. The van der Waals surface area contributed by atoms with Crippen molar-refractivity contribution >= 4 is 0 Å². The molecule has 2 rings (SSSR count). The van der Waals surface area contributed by atoms with E-state index in [9.17, 15) is 0 Å². The minimum Gasteiger partial charge on any atom is -0.358 e. The van der Waals surface area contributed by atoms with Crippen molar-refractivity contribution in [3.8, 4) is 0 Å². The van der Waals surface area contributed by atoms with Crippen molar-refractivity contribution < 1.29 is 4.74 Å². The molecule has 1 unspecified atom stereocenters. The Kier molecular flexibility index (Phi) is 5.05. The summed E-state index contributed by atoms with van der Waals surface area (Å²) in [5, 5.41) is 0. The highest BCUT2D eigenvalue weighted by Crippen LogP contribution is 2.27. The molecule has 2 aliphatic rings. The molecular formula is C15H27NO. The van der Waals surface area contributed by atoms with Gasteiger partial charge in [-0.25, -0.2) is 0 Å². The van der Waals surface area contributed by atoms with E-state index in [1.807, 2.05) is 0 Å². The van der Waals surface area contributed by atoms with Crippen molar-refractivity contribution in [2.24, 2.45) is 0 Å². The van der Waals surface area contributed by atoms with Crippen molar-refractivity contribution in [1.82, 2.24) is 4.90 Å². The summed E-state index contributed by atoms with van der Waals surface area (Å²) < 4.78 is 5.81. The second-order valence-corrected chi connectivity index (χ2v) is 5.66. The first kappa shape index (κ1) is 13.1. The molecule has 1 aliphatic heterocycles. The van der Waals surface area contributed by atoms with Crippen LogP contribution in [0.4, 0.5) is 0 Å². The van der Waals surface area contributed by atoms with Gasteiger partial charge in [0.1, 0.15) is 6.23 Å². The Balaban J connectivity index is 1.95. The standard InChI is InChI=1S/C15H27NO/c1-13(2)15-16(11-12-17-15)14-9-7-5-3-4-6-8-10-14/h14-15H,1,3-12H2,2H3. The molecule has 0 aromatic heterocycles. The van der Waals surface area contributed by atoms with Crippen LogP contribution in [0, 0.1) is 0 Å². The average Bonchev–Trinajstić information content (AvgIpc) is 2.82. The molecule has 0 N–H and O–H groups in total. The van der Waals surface area contributed by atoms with Crippen LogP contribution in [0.1, 0.15) is 58.3 Å². The second kappa shape index (κ2) is 6.55. The molecular weight excluding hydrogens is 210 g/mol. The SMILES string of the molecule is C=C(C)C1OCCN1C1CCCCCCCC1. The molecule has 0 amide bonds. The summed E-state index contributed by atoms with van der Waals surface area (Å²) in [6.45, 7) is 8.15. The maximum absolute atomic E-state index is 5.81. The van der Waals surface area contributed by atoms with Crippen LogP contribution in [-0.4, -0.2) is 30.3 Å². The fraction of sp³-hybridized carbons (Fsp3) is 0.867. The van der Waals surface area contributed by atoms with Gasteiger partial charge in [0.2, 0.25) is 0 Å². The largest absolute Gasteiger partial charge is 0.358 e. The van der Waals surface area contributed by atoms with E-state index in [4.69, 9.17) is 4.74 Å². The molecule has 0 aromatic rings. The van der Waals surface area contributed by atoms with Crippen LogP contribution in [-0.2, 0) is 4.74 Å². The van der Waals surface area contributed by atoms with Gasteiger partial charge in [-0.05, 0) is 25.3 Å². The summed E-state index contributed by atoms with van der Waals surface area (Å²) in [5.41, 5.74) is 1.17. The smallest absolute Gasteiger partial charge is 0.132 e. The summed E-state index contributed by atoms with van der Waals surface area (Å²) in [5.74, 6) is 0. The summed E-state index contributed by atoms with van der Waals surface area (Å²) in [6.07, 6.45) is 11.4. The van der Waals surface area contributed by atoms with Crippen LogP contribution in [0.5, 0.6) is 0 Å². The third-order valence-corrected chi connectivity index (χ3v) is 4.14. The van der Waals surface area contributed by atoms with Crippen molar-refractivity contribution in [3.63, 3.8) is 0 Å². The zero-order valence-corrected chi connectivity index (χ0v) is 11.3. The van der Waals surface area contributed by atoms with Crippen molar-refractivity contribution in [2.45, 2.75) is 70.6 Å². The van der Waals surface area contributed by atoms with Crippen molar-refractivity contribution in [2.75, 3.05) is 13.2 Å². The minimum absolute atomic E-state index is 0.195. The zero-order chi connectivity index (χ0) is 12.1. The highest BCUT2D eigenvalue weighted by Gasteiger charge is 2.31. The number of ether oxygens (including phenoxy) is 1. The van der Waals surface area contributed by atoms with E-state index in [1.165, 1.54) is 56.9 Å². The molecule has 17 heavy (non-hydrogen) atoms. The quantitative estimate of drug-likeness (QED) is 0.679. The molecule has 1 saturated heterocycles. The maximum Gasteiger partial charge on any atom is 0.132 e. The molecule has 1 aliphatic carbocycles. The molecule has 0 bridgehead atoms. The maximum atomic E-state index is 5.81. The topological polar surface area (TPSA) is 12.5 Å². The summed E-state index contributed by atoms with van der Waals surface area (Å²) in [4.78, 5) is 2.56. The summed E-state index contributed by atoms with van der Waals surface area (Å²) >= 11 is 0. The molecule has 1 heterocycles. The van der Waals surface area contributed by atoms with E-state index in [0.29, 0.717) is 0 Å². The Labute approximate surface area is 106 Å². The van der Waals surface area contributed by atoms with Gasteiger partial charge < -0.3 is 4.74 Å². The molecule has 98 valence electrons. The summed E-state index contributed by atoms with van der Waals surface area (Å²) in [6, 6.07) is 0.734. The predicted octanol–water partition coefficient (Wildman–Crippen LogP) is 3.72. The van der Waals surface area contributed by atoms with Gasteiger partial charge in [0.15, 0.2) is 0 Å². The second-order valence-electron chi connectivity index (χ2n) is 5.66. The van der Waals surface area contributed by atoms with E-state index in [0.717, 1.165) is 19.2 Å². The Bertz CT molecular complexity index is 241. The Hall–Kier alpha value is -0.340. The highest BCUT2D eigenvalue weighted by atomic mass is 16.5. The Morgan fingerprint density at radius 1 is 1.06 bits per heavy atom. The lowest BCUT2D eigenvalue weighted by molar-refractivity contribution is 0.0358. The van der Waals surface area contributed by atoms with Crippen LogP contribution >= 0.6 is 0 Å². The zero-order valence-electron chi connectivity index (χ0n) is 11.3. The normalized spacial score (nSPS) is 29.6. The number of rotatable bonds is 2. The van der Waals surface area contributed by atoms with E-state index in [2.05, 4.69) is 18.4 Å². The third-order valence-electron chi connectivity index (χ3n) is 4.14. The van der Waals surface area contributed by atoms with E-state index in [1.54, 1.807) is 0 Å². The van der Waals surface area contributed by atoms with Crippen molar-refractivity contribution in [3.05, 3.63) is 12.2 Å². The number of nitrogens with zero attached hydrogens (tertiary/aromatic N) is 1. The molecule has 1 saturated carbocycles. The Morgan fingerprint density at radius 2 is 1.65 bits per heavy atom. The molecule has 1 atom stereocenters. The monoisotopic (exact) mass is 237 g/mol.